The molecule has 5 aromatic rings. The van der Waals surface area contributed by atoms with Crippen molar-refractivity contribution in [1.29, 1.82) is 5.26 Å². The molecule has 12 nitrogen and oxygen atoms in total. The van der Waals surface area contributed by atoms with Crippen molar-refractivity contribution in [1.82, 2.24) is 39.6 Å². The molecule has 5 rings (SSSR count). The van der Waals surface area contributed by atoms with Gasteiger partial charge in [0.15, 0.2) is 0 Å². The number of nitriles is 1. The van der Waals surface area contributed by atoms with Crippen LogP contribution in [0, 0.1) is 11.3 Å². The molecular weight excluding hydrogens is 579 g/mol. The van der Waals surface area contributed by atoms with E-state index in [0.717, 1.165) is 16.8 Å². The van der Waals surface area contributed by atoms with Crippen LogP contribution in [-0.4, -0.2) is 54.2 Å². The summed E-state index contributed by atoms with van der Waals surface area (Å²) in [6.07, 6.45) is -3.21. The van der Waals surface area contributed by atoms with Crippen LogP contribution in [0.3, 0.4) is 0 Å². The van der Waals surface area contributed by atoms with E-state index in [2.05, 4.69) is 20.6 Å². The van der Waals surface area contributed by atoms with Gasteiger partial charge in [0, 0.05) is 7.05 Å². The van der Waals surface area contributed by atoms with Crippen molar-refractivity contribution in [2.75, 3.05) is 14.1 Å². The summed E-state index contributed by atoms with van der Waals surface area (Å²) in [5.41, 5.74) is -0.969. The maximum atomic E-state index is 14.0. The van der Waals surface area contributed by atoms with Crippen LogP contribution in [0.1, 0.15) is 46.2 Å². The van der Waals surface area contributed by atoms with Gasteiger partial charge in [-0.25, -0.2) is 9.36 Å². The smallest absolute Gasteiger partial charge is 0.416 e. The normalized spacial score (nSPS) is 12.3. The Bertz CT molecular complexity index is 1930. The third kappa shape index (κ3) is 5.75. The summed E-state index contributed by atoms with van der Waals surface area (Å²) in [7, 11) is 5.10. The van der Waals surface area contributed by atoms with Crippen LogP contribution < -0.4 is 10.9 Å². The molecule has 3 heterocycles. The standard InChI is InChI=1S/C29H26F3N9O3/c1-17(27-37-36-23(44-27)16-38(2)3)35-26(42)24-25(22-12-13-34-40(22)20-10-8-18(15-33)9-11-20)39(4)41(28(24)43)21-7-5-6-19(14-21)29(30,31)32/h5-14,17H,16H2,1-4H3,(H,35,42)/t17-/m0/s1. The molecule has 0 radical (unpaired) electrons. The molecule has 0 unspecified atom stereocenters. The fourth-order valence-corrected chi connectivity index (χ4v) is 4.68. The maximum absolute atomic E-state index is 14.0. The van der Waals surface area contributed by atoms with Gasteiger partial charge in [-0.1, -0.05) is 6.07 Å². The highest BCUT2D eigenvalue weighted by atomic mass is 19.4. The summed E-state index contributed by atoms with van der Waals surface area (Å²) >= 11 is 0. The maximum Gasteiger partial charge on any atom is 0.416 e. The Morgan fingerprint density at radius 3 is 2.50 bits per heavy atom. The zero-order chi connectivity index (χ0) is 31.8. The van der Waals surface area contributed by atoms with Crippen molar-refractivity contribution in [3.63, 3.8) is 0 Å². The van der Waals surface area contributed by atoms with E-state index in [-0.39, 0.29) is 22.8 Å². The molecule has 1 amide bonds. The number of nitrogens with one attached hydrogen (secondary N) is 1. The minimum absolute atomic E-state index is 0.0813. The second-order valence-electron chi connectivity index (χ2n) is 10.2. The summed E-state index contributed by atoms with van der Waals surface area (Å²) in [4.78, 5) is 29.6. The largest absolute Gasteiger partial charge is 0.422 e. The first-order valence-corrected chi connectivity index (χ1v) is 13.2. The van der Waals surface area contributed by atoms with Gasteiger partial charge >= 0.3 is 6.18 Å². The minimum Gasteiger partial charge on any atom is -0.422 e. The van der Waals surface area contributed by atoms with Crippen molar-refractivity contribution in [3.8, 4) is 28.8 Å². The summed E-state index contributed by atoms with van der Waals surface area (Å²) in [5, 5.41) is 24.2. The molecule has 2 aromatic carbocycles. The van der Waals surface area contributed by atoms with Crippen molar-refractivity contribution in [3.05, 3.63) is 99.6 Å². The van der Waals surface area contributed by atoms with Gasteiger partial charge < -0.3 is 14.6 Å². The molecule has 1 N–H and O–H groups in total. The molecule has 226 valence electrons. The molecule has 0 fully saturated rings. The molecule has 0 spiro atoms. The Balaban J connectivity index is 1.65. The van der Waals surface area contributed by atoms with E-state index in [1.807, 2.05) is 25.1 Å². The van der Waals surface area contributed by atoms with E-state index < -0.39 is 29.2 Å². The molecule has 1 atom stereocenters. The number of alkyl halides is 3. The van der Waals surface area contributed by atoms with Crippen molar-refractivity contribution in [2.45, 2.75) is 25.7 Å². The first-order valence-electron chi connectivity index (χ1n) is 13.2. The Morgan fingerprint density at radius 2 is 1.84 bits per heavy atom. The molecule has 44 heavy (non-hydrogen) atoms. The lowest BCUT2D eigenvalue weighted by molar-refractivity contribution is -0.137. The number of carbonyl (C=O) groups excluding carboxylic acids is 1. The van der Waals surface area contributed by atoms with Gasteiger partial charge in [0.25, 0.3) is 11.5 Å². The average molecular weight is 606 g/mol. The topological polar surface area (TPSA) is 140 Å². The number of benzene rings is 2. The number of aromatic nitrogens is 6. The molecule has 0 bridgehead atoms. The van der Waals surface area contributed by atoms with Crippen LogP contribution in [0.15, 0.2) is 70.0 Å². The van der Waals surface area contributed by atoms with Crippen LogP contribution >= 0.6 is 0 Å². The highest BCUT2D eigenvalue weighted by molar-refractivity contribution is 6.00. The van der Waals surface area contributed by atoms with Gasteiger partial charge in [-0.2, -0.15) is 23.5 Å². The minimum atomic E-state index is -4.66. The first kappa shape index (κ1) is 30.0. The Hall–Kier alpha value is -5.49. The van der Waals surface area contributed by atoms with E-state index in [4.69, 9.17) is 4.42 Å². The lowest BCUT2D eigenvalue weighted by Crippen LogP contribution is -2.32. The second-order valence-corrected chi connectivity index (χ2v) is 10.2. The van der Waals surface area contributed by atoms with Crippen molar-refractivity contribution in [2.24, 2.45) is 7.05 Å². The van der Waals surface area contributed by atoms with Gasteiger partial charge in [0.05, 0.1) is 47.0 Å². The van der Waals surface area contributed by atoms with Crippen LogP contribution in [0.4, 0.5) is 13.2 Å². The SMILES string of the molecule is C[C@H](NC(=O)c1c(-c2ccnn2-c2ccc(C#N)cc2)n(C)n(-c2cccc(C(F)(F)F)c2)c1=O)c1nnc(CN(C)C)o1. The molecule has 0 aliphatic rings. The van der Waals surface area contributed by atoms with E-state index in [9.17, 15) is 28.0 Å². The summed E-state index contributed by atoms with van der Waals surface area (Å²) in [5.74, 6) is -0.392. The Morgan fingerprint density at radius 1 is 1.11 bits per heavy atom. The number of hydrogen-bond acceptors (Lipinski definition) is 8. The predicted molar refractivity (Wildman–Crippen MR) is 151 cm³/mol. The van der Waals surface area contributed by atoms with Gasteiger partial charge in [-0.3, -0.25) is 14.3 Å². The number of amides is 1. The molecular formula is C29H26F3N9O3. The van der Waals surface area contributed by atoms with Gasteiger partial charge in [-0.15, -0.1) is 10.2 Å². The number of hydrogen-bond donors (Lipinski definition) is 1. The Kier molecular flexibility index (Phi) is 7.94. The third-order valence-electron chi connectivity index (χ3n) is 6.69. The Labute approximate surface area is 248 Å². The quantitative estimate of drug-likeness (QED) is 0.281. The van der Waals surface area contributed by atoms with Gasteiger partial charge in [0.2, 0.25) is 11.8 Å². The molecule has 0 saturated carbocycles. The van der Waals surface area contributed by atoms with Crippen LogP contribution in [0.25, 0.3) is 22.8 Å². The zero-order valence-corrected chi connectivity index (χ0v) is 24.0. The fraction of sp³-hybridized carbons (Fsp3) is 0.241. The summed E-state index contributed by atoms with van der Waals surface area (Å²) in [6, 6.07) is 13.5. The lowest BCUT2D eigenvalue weighted by atomic mass is 10.1. The second kappa shape index (κ2) is 11.7. The van der Waals surface area contributed by atoms with Crippen LogP contribution in [-0.2, 0) is 19.8 Å². The van der Waals surface area contributed by atoms with Gasteiger partial charge in [0.1, 0.15) is 17.3 Å². The third-order valence-corrected chi connectivity index (χ3v) is 6.69. The fourth-order valence-electron chi connectivity index (χ4n) is 4.68. The van der Waals surface area contributed by atoms with E-state index in [1.54, 1.807) is 37.3 Å². The van der Waals surface area contributed by atoms with E-state index in [0.29, 0.717) is 29.4 Å². The van der Waals surface area contributed by atoms with E-state index >= 15 is 0 Å². The van der Waals surface area contributed by atoms with Crippen molar-refractivity contribution < 1.29 is 22.4 Å². The lowest BCUT2D eigenvalue weighted by Gasteiger charge is -2.14. The number of rotatable bonds is 8. The van der Waals surface area contributed by atoms with Crippen molar-refractivity contribution >= 4 is 5.91 Å². The number of carbonyl (C=O) groups is 1. The molecule has 3 aromatic heterocycles. The molecule has 0 saturated heterocycles. The molecule has 15 heteroatoms. The summed E-state index contributed by atoms with van der Waals surface area (Å²) < 4.78 is 50.1. The predicted octanol–water partition coefficient (Wildman–Crippen LogP) is 3.85. The van der Waals surface area contributed by atoms with Crippen LogP contribution in [0.5, 0.6) is 0 Å². The number of nitrogens with zero attached hydrogens (tertiary/aromatic N) is 8. The highest BCUT2D eigenvalue weighted by Gasteiger charge is 2.33. The van der Waals surface area contributed by atoms with E-state index in [1.165, 1.54) is 34.7 Å². The zero-order valence-electron chi connectivity index (χ0n) is 24.0. The molecule has 0 aliphatic heterocycles. The highest BCUT2D eigenvalue weighted by Crippen LogP contribution is 2.31. The monoisotopic (exact) mass is 605 g/mol. The van der Waals surface area contributed by atoms with Crippen LogP contribution in [0.2, 0.25) is 0 Å². The van der Waals surface area contributed by atoms with Gasteiger partial charge in [-0.05, 0) is 69.6 Å². The summed E-state index contributed by atoms with van der Waals surface area (Å²) in [6.45, 7) is 1.97. The number of halogens is 3. The first-order chi connectivity index (χ1) is 20.9. The molecule has 0 aliphatic carbocycles. The average Bonchev–Trinajstić information content (AvgIpc) is 3.70.